The molecule has 3 rings (SSSR count). The Balaban J connectivity index is 2.16. The van der Waals surface area contributed by atoms with Gasteiger partial charge in [-0.2, -0.15) is 0 Å². The van der Waals surface area contributed by atoms with Gasteiger partial charge in [0.05, 0.1) is 17.1 Å². The number of non-ortho nitro benzene ring substituents is 1. The second kappa shape index (κ2) is 6.18. The van der Waals surface area contributed by atoms with Gasteiger partial charge in [0.25, 0.3) is 11.2 Å². The third kappa shape index (κ3) is 2.95. The molecule has 0 radical (unpaired) electrons. The van der Waals surface area contributed by atoms with Gasteiger partial charge in [-0.05, 0) is 18.6 Å². The lowest BCUT2D eigenvalue weighted by Gasteiger charge is -2.40. The number of nitro groups is 1. The Morgan fingerprint density at radius 2 is 2.21 bits per heavy atom. The Hall–Kier alpha value is -2.51. The van der Waals surface area contributed by atoms with Crippen LogP contribution in [-0.4, -0.2) is 28.8 Å². The topological polar surface area (TPSA) is 83.6 Å². The highest BCUT2D eigenvalue weighted by atomic mass is 16.6. The number of nitro benzene ring substituents is 1. The largest absolute Gasteiger partial charge is 0.382 e. The number of benzene rings is 1. The summed E-state index contributed by atoms with van der Waals surface area (Å²) in [5, 5.41) is 11.1. The molecule has 1 aliphatic rings. The van der Waals surface area contributed by atoms with E-state index < -0.39 is 16.8 Å². The van der Waals surface area contributed by atoms with E-state index in [2.05, 4.69) is 0 Å². The van der Waals surface area contributed by atoms with E-state index in [-0.39, 0.29) is 11.2 Å². The second-order valence-electron chi connectivity index (χ2n) is 6.12. The predicted molar refractivity (Wildman–Crippen MR) is 87.0 cm³/mol. The maximum atomic E-state index is 12.2. The van der Waals surface area contributed by atoms with Gasteiger partial charge >= 0.3 is 0 Å². The summed E-state index contributed by atoms with van der Waals surface area (Å²) in [6.45, 7) is 2.25. The number of aromatic nitrogens is 1. The van der Waals surface area contributed by atoms with Crippen LogP contribution in [0, 0.1) is 10.1 Å². The first-order valence-corrected chi connectivity index (χ1v) is 7.55. The molecule has 2 aromatic rings. The van der Waals surface area contributed by atoms with Gasteiger partial charge in [-0.1, -0.05) is 12.1 Å². The zero-order valence-electron chi connectivity index (χ0n) is 13.5. The number of pyridine rings is 1. The van der Waals surface area contributed by atoms with Gasteiger partial charge in [0.1, 0.15) is 0 Å². The molecule has 126 valence electrons. The molecule has 0 saturated heterocycles. The Bertz CT molecular complexity index is 832. The highest BCUT2D eigenvalue weighted by Crippen LogP contribution is 2.38. The minimum absolute atomic E-state index is 0.0262. The van der Waals surface area contributed by atoms with Gasteiger partial charge in [0, 0.05) is 43.5 Å². The van der Waals surface area contributed by atoms with Crippen molar-refractivity contribution in [1.29, 1.82) is 0 Å². The first-order valence-electron chi connectivity index (χ1n) is 7.55. The molecule has 24 heavy (non-hydrogen) atoms. The molecule has 1 aromatic carbocycles. The molecule has 1 aromatic heterocycles. The van der Waals surface area contributed by atoms with Crippen LogP contribution < -0.4 is 5.56 Å². The molecule has 2 unspecified atom stereocenters. The number of ether oxygens (including phenoxy) is 2. The monoisotopic (exact) mass is 330 g/mol. The molecule has 0 bridgehead atoms. The molecule has 2 heterocycles. The molecular weight excluding hydrogens is 312 g/mol. The van der Waals surface area contributed by atoms with Crippen LogP contribution >= 0.6 is 0 Å². The second-order valence-corrected chi connectivity index (χ2v) is 6.12. The summed E-state index contributed by atoms with van der Waals surface area (Å²) in [4.78, 5) is 22.9. The van der Waals surface area contributed by atoms with Crippen molar-refractivity contribution in [2.75, 3.05) is 13.7 Å². The van der Waals surface area contributed by atoms with E-state index in [1.807, 2.05) is 6.92 Å². The van der Waals surface area contributed by atoms with Crippen molar-refractivity contribution in [3.05, 3.63) is 74.2 Å². The predicted octanol–water partition coefficient (Wildman–Crippen LogP) is 2.28. The first kappa shape index (κ1) is 16.4. The average molecular weight is 330 g/mol. The maximum absolute atomic E-state index is 12.2. The summed E-state index contributed by atoms with van der Waals surface area (Å²) < 4.78 is 12.9. The van der Waals surface area contributed by atoms with Crippen LogP contribution in [0.15, 0.2) is 47.4 Å². The number of methoxy groups -OCH3 is 1. The number of rotatable bonds is 4. The lowest BCUT2D eigenvalue weighted by molar-refractivity contribution is -0.385. The fraction of sp³-hybridized carbons (Fsp3) is 0.353. The zero-order valence-corrected chi connectivity index (χ0v) is 13.5. The van der Waals surface area contributed by atoms with E-state index in [1.54, 1.807) is 31.5 Å². The molecule has 0 N–H and O–H groups in total. The molecule has 1 aliphatic heterocycles. The fourth-order valence-electron chi connectivity index (χ4n) is 3.09. The zero-order chi connectivity index (χ0) is 17.3. The van der Waals surface area contributed by atoms with Crippen molar-refractivity contribution in [2.45, 2.75) is 25.2 Å². The van der Waals surface area contributed by atoms with E-state index in [1.165, 1.54) is 22.8 Å². The molecule has 7 nitrogen and oxygen atoms in total. The van der Waals surface area contributed by atoms with E-state index in [4.69, 9.17) is 9.47 Å². The highest BCUT2D eigenvalue weighted by molar-refractivity contribution is 5.43. The molecule has 2 atom stereocenters. The van der Waals surface area contributed by atoms with Crippen LogP contribution in [0.4, 0.5) is 5.69 Å². The third-order valence-corrected chi connectivity index (χ3v) is 4.12. The average Bonchev–Trinajstić information content (AvgIpc) is 2.54. The lowest BCUT2D eigenvalue weighted by atomic mass is 9.89. The van der Waals surface area contributed by atoms with E-state index in [0.717, 1.165) is 5.56 Å². The highest BCUT2D eigenvalue weighted by Gasteiger charge is 2.38. The summed E-state index contributed by atoms with van der Waals surface area (Å²) in [5.41, 5.74) is 0.652. The maximum Gasteiger partial charge on any atom is 0.269 e. The van der Waals surface area contributed by atoms with Crippen LogP contribution in [0.5, 0.6) is 0 Å². The Labute approximate surface area is 138 Å². The van der Waals surface area contributed by atoms with Crippen LogP contribution in [0.3, 0.4) is 0 Å². The van der Waals surface area contributed by atoms with Crippen LogP contribution in [-0.2, 0) is 15.9 Å². The van der Waals surface area contributed by atoms with Crippen molar-refractivity contribution >= 4 is 5.69 Å². The minimum atomic E-state index is -0.734. The van der Waals surface area contributed by atoms with Crippen LogP contribution in [0.2, 0.25) is 0 Å². The summed E-state index contributed by atoms with van der Waals surface area (Å²) >= 11 is 0. The molecule has 0 spiro atoms. The third-order valence-electron chi connectivity index (χ3n) is 4.12. The van der Waals surface area contributed by atoms with E-state index >= 15 is 0 Å². The molecular formula is C17H18N2O5. The smallest absolute Gasteiger partial charge is 0.269 e. The summed E-state index contributed by atoms with van der Waals surface area (Å²) in [6, 6.07) is 9.48. The molecule has 0 fully saturated rings. The quantitative estimate of drug-likeness (QED) is 0.634. The molecule has 7 heteroatoms. The number of fused-ring (bicyclic) bond motifs is 1. The summed E-state index contributed by atoms with van der Waals surface area (Å²) in [7, 11) is 1.59. The lowest BCUT2D eigenvalue weighted by Crippen LogP contribution is -2.44. The van der Waals surface area contributed by atoms with Crippen molar-refractivity contribution in [1.82, 2.24) is 4.57 Å². The van der Waals surface area contributed by atoms with E-state index in [0.29, 0.717) is 18.6 Å². The first-order chi connectivity index (χ1) is 11.4. The van der Waals surface area contributed by atoms with E-state index in [9.17, 15) is 14.9 Å². The van der Waals surface area contributed by atoms with Crippen LogP contribution in [0.1, 0.15) is 24.3 Å². The number of hydrogen-bond donors (Lipinski definition) is 0. The van der Waals surface area contributed by atoms with Crippen molar-refractivity contribution in [3.63, 3.8) is 0 Å². The fourth-order valence-corrected chi connectivity index (χ4v) is 3.09. The summed E-state index contributed by atoms with van der Waals surface area (Å²) in [6.07, 6.45) is 1.43. The van der Waals surface area contributed by atoms with Crippen molar-refractivity contribution < 1.29 is 14.4 Å². The van der Waals surface area contributed by atoms with Gasteiger partial charge in [-0.15, -0.1) is 0 Å². The SMILES string of the molecule is COCC1(C)Cc2ccc([N+](=O)[O-])cc2C(n2ccccc2=O)O1. The van der Waals surface area contributed by atoms with Crippen molar-refractivity contribution in [2.24, 2.45) is 0 Å². The molecule has 0 aliphatic carbocycles. The molecule has 0 saturated carbocycles. The van der Waals surface area contributed by atoms with Gasteiger partial charge in [-0.3, -0.25) is 19.5 Å². The number of hydrogen-bond acceptors (Lipinski definition) is 5. The normalized spacial score (nSPS) is 22.8. The van der Waals surface area contributed by atoms with Crippen molar-refractivity contribution in [3.8, 4) is 0 Å². The Morgan fingerprint density at radius 1 is 1.42 bits per heavy atom. The van der Waals surface area contributed by atoms with Crippen LogP contribution in [0.25, 0.3) is 0 Å². The number of nitrogens with zero attached hydrogens (tertiary/aromatic N) is 2. The molecule has 0 amide bonds. The van der Waals surface area contributed by atoms with Gasteiger partial charge in [0.15, 0.2) is 6.23 Å². The van der Waals surface area contributed by atoms with Gasteiger partial charge in [-0.25, -0.2) is 0 Å². The standard InChI is InChI=1S/C17H18N2O5/c1-17(11-23-2)10-12-6-7-13(19(21)22)9-14(12)16(24-17)18-8-4-3-5-15(18)20/h3-9,16H,10-11H2,1-2H3. The van der Waals surface area contributed by atoms with Gasteiger partial charge in [0.2, 0.25) is 0 Å². The minimum Gasteiger partial charge on any atom is -0.382 e. The Morgan fingerprint density at radius 3 is 2.88 bits per heavy atom. The van der Waals surface area contributed by atoms with Gasteiger partial charge < -0.3 is 9.47 Å². The Kier molecular flexibility index (Phi) is 4.21. The summed E-state index contributed by atoms with van der Waals surface area (Å²) in [5.74, 6) is 0.